The molecule has 1 heterocycles. The van der Waals surface area contributed by atoms with Gasteiger partial charge in [-0.25, -0.2) is 0 Å². The number of carbonyl (C=O) groups is 1. The highest BCUT2D eigenvalue weighted by Crippen LogP contribution is 2.29. The average molecular weight is 197 g/mol. The first-order valence-electron chi connectivity index (χ1n) is 5.92. The lowest BCUT2D eigenvalue weighted by molar-refractivity contribution is -0.120. The Balaban J connectivity index is 2.50. The molecule has 2 atom stereocenters. The minimum Gasteiger partial charge on any atom is -0.307 e. The Bertz CT molecular complexity index is 187. The van der Waals surface area contributed by atoms with Crippen LogP contribution < -0.4 is 5.32 Å². The van der Waals surface area contributed by atoms with Crippen LogP contribution in [0.1, 0.15) is 46.5 Å². The Kier molecular flexibility index (Phi) is 4.59. The van der Waals surface area contributed by atoms with Gasteiger partial charge in [0.05, 0.1) is 6.04 Å². The van der Waals surface area contributed by atoms with E-state index in [0.29, 0.717) is 5.78 Å². The van der Waals surface area contributed by atoms with E-state index in [1.165, 1.54) is 19.3 Å². The molecule has 0 aromatic heterocycles. The van der Waals surface area contributed by atoms with Crippen LogP contribution in [0, 0.1) is 11.8 Å². The van der Waals surface area contributed by atoms with Crippen molar-refractivity contribution >= 4 is 5.78 Å². The van der Waals surface area contributed by atoms with Gasteiger partial charge >= 0.3 is 0 Å². The molecule has 0 spiro atoms. The van der Waals surface area contributed by atoms with Gasteiger partial charge in [0.1, 0.15) is 5.78 Å². The number of rotatable bonds is 4. The number of Topliss-reactive ketones (excluding diaryl/α,β-unsaturated/α-hetero) is 1. The second-order valence-electron chi connectivity index (χ2n) is 4.48. The number of carbonyl (C=O) groups excluding carboxylic acids is 1. The molecule has 0 bridgehead atoms. The highest BCUT2D eigenvalue weighted by Gasteiger charge is 2.28. The van der Waals surface area contributed by atoms with Crippen LogP contribution in [0.3, 0.4) is 0 Å². The second kappa shape index (κ2) is 5.50. The normalized spacial score (nSPS) is 28.0. The van der Waals surface area contributed by atoms with E-state index in [4.69, 9.17) is 0 Å². The number of ketones is 1. The van der Waals surface area contributed by atoms with Crippen LogP contribution in [-0.4, -0.2) is 18.4 Å². The molecule has 0 radical (unpaired) electrons. The summed E-state index contributed by atoms with van der Waals surface area (Å²) in [7, 11) is 0. The third-order valence-corrected chi connectivity index (χ3v) is 3.65. The molecule has 2 nitrogen and oxygen atoms in total. The standard InChI is InChI=1S/C12H23NO/c1-4-10(5-2)11-6-7-13-12(8-11)9(3)14/h10-13H,4-8H2,1-3H3/t11-,12+/m1/s1. The van der Waals surface area contributed by atoms with Crippen LogP contribution in [0.2, 0.25) is 0 Å². The van der Waals surface area contributed by atoms with E-state index in [2.05, 4.69) is 19.2 Å². The van der Waals surface area contributed by atoms with Crippen molar-refractivity contribution in [1.82, 2.24) is 5.32 Å². The van der Waals surface area contributed by atoms with Crippen molar-refractivity contribution in [1.29, 1.82) is 0 Å². The summed E-state index contributed by atoms with van der Waals surface area (Å²) in [5.74, 6) is 1.89. The summed E-state index contributed by atoms with van der Waals surface area (Å²) < 4.78 is 0. The fourth-order valence-electron chi connectivity index (χ4n) is 2.64. The smallest absolute Gasteiger partial charge is 0.146 e. The van der Waals surface area contributed by atoms with Crippen LogP contribution in [-0.2, 0) is 4.79 Å². The van der Waals surface area contributed by atoms with Gasteiger partial charge in [-0.05, 0) is 38.1 Å². The SMILES string of the molecule is CCC(CC)[C@@H]1CCN[C@H](C(C)=O)C1. The molecule has 82 valence electrons. The van der Waals surface area contributed by atoms with Crippen LogP contribution in [0.4, 0.5) is 0 Å². The predicted molar refractivity (Wildman–Crippen MR) is 59.3 cm³/mol. The highest BCUT2D eigenvalue weighted by atomic mass is 16.1. The number of hydrogen-bond acceptors (Lipinski definition) is 2. The Hall–Kier alpha value is -0.370. The number of piperidine rings is 1. The van der Waals surface area contributed by atoms with Gasteiger partial charge in [-0.15, -0.1) is 0 Å². The molecule has 1 N–H and O–H groups in total. The van der Waals surface area contributed by atoms with Crippen molar-refractivity contribution in [2.45, 2.75) is 52.5 Å². The quantitative estimate of drug-likeness (QED) is 0.749. The van der Waals surface area contributed by atoms with Gasteiger partial charge in [0.15, 0.2) is 0 Å². The van der Waals surface area contributed by atoms with Crippen molar-refractivity contribution in [2.24, 2.45) is 11.8 Å². The van der Waals surface area contributed by atoms with Gasteiger partial charge in [-0.2, -0.15) is 0 Å². The van der Waals surface area contributed by atoms with Crippen LogP contribution in [0.25, 0.3) is 0 Å². The van der Waals surface area contributed by atoms with E-state index in [1.54, 1.807) is 6.92 Å². The fourth-order valence-corrected chi connectivity index (χ4v) is 2.64. The van der Waals surface area contributed by atoms with Crippen LogP contribution >= 0.6 is 0 Å². The molecule has 0 amide bonds. The van der Waals surface area contributed by atoms with Gasteiger partial charge in [0, 0.05) is 0 Å². The molecule has 0 saturated carbocycles. The Morgan fingerprint density at radius 2 is 2.07 bits per heavy atom. The average Bonchev–Trinajstić information content (AvgIpc) is 2.20. The molecule has 1 aliphatic heterocycles. The summed E-state index contributed by atoms with van der Waals surface area (Å²) in [5, 5.41) is 3.30. The molecule has 0 aliphatic carbocycles. The van der Waals surface area contributed by atoms with Crippen molar-refractivity contribution in [3.8, 4) is 0 Å². The summed E-state index contributed by atoms with van der Waals surface area (Å²) in [6, 6.07) is 0.134. The highest BCUT2D eigenvalue weighted by molar-refractivity contribution is 5.81. The van der Waals surface area contributed by atoms with Gasteiger partial charge in [0.2, 0.25) is 0 Å². The van der Waals surface area contributed by atoms with E-state index < -0.39 is 0 Å². The second-order valence-corrected chi connectivity index (χ2v) is 4.48. The molecule has 0 aromatic carbocycles. The maximum Gasteiger partial charge on any atom is 0.146 e. The first-order chi connectivity index (χ1) is 6.69. The summed E-state index contributed by atoms with van der Waals surface area (Å²) in [4.78, 5) is 11.3. The van der Waals surface area contributed by atoms with Crippen molar-refractivity contribution < 1.29 is 4.79 Å². The Labute approximate surface area is 87.5 Å². The summed E-state index contributed by atoms with van der Waals surface area (Å²) >= 11 is 0. The summed E-state index contributed by atoms with van der Waals surface area (Å²) in [6.07, 6.45) is 4.81. The Morgan fingerprint density at radius 3 is 2.57 bits per heavy atom. The zero-order valence-electron chi connectivity index (χ0n) is 9.68. The maximum absolute atomic E-state index is 11.3. The molecule has 1 rings (SSSR count). The van der Waals surface area contributed by atoms with Gasteiger partial charge < -0.3 is 5.32 Å². The first kappa shape index (κ1) is 11.7. The third-order valence-electron chi connectivity index (χ3n) is 3.65. The van der Waals surface area contributed by atoms with Gasteiger partial charge in [-0.1, -0.05) is 26.7 Å². The Morgan fingerprint density at radius 1 is 1.43 bits per heavy atom. The minimum absolute atomic E-state index is 0.134. The van der Waals surface area contributed by atoms with E-state index in [-0.39, 0.29) is 6.04 Å². The van der Waals surface area contributed by atoms with Gasteiger partial charge in [-0.3, -0.25) is 4.79 Å². The predicted octanol–water partition coefficient (Wildman–Crippen LogP) is 2.38. The molecule has 2 heteroatoms. The first-order valence-corrected chi connectivity index (χ1v) is 5.92. The molecule has 0 unspecified atom stereocenters. The topological polar surface area (TPSA) is 29.1 Å². The number of hydrogen-bond donors (Lipinski definition) is 1. The van der Waals surface area contributed by atoms with E-state index in [9.17, 15) is 4.79 Å². The third kappa shape index (κ3) is 2.81. The largest absolute Gasteiger partial charge is 0.307 e. The molecular formula is C12H23NO. The molecule has 1 aliphatic rings. The molecule has 1 saturated heterocycles. The minimum atomic E-state index is 0.134. The van der Waals surface area contributed by atoms with Gasteiger partial charge in [0.25, 0.3) is 0 Å². The lowest BCUT2D eigenvalue weighted by Crippen LogP contribution is -2.44. The molecule has 14 heavy (non-hydrogen) atoms. The lowest BCUT2D eigenvalue weighted by Gasteiger charge is -2.33. The van der Waals surface area contributed by atoms with E-state index in [0.717, 1.165) is 24.8 Å². The van der Waals surface area contributed by atoms with E-state index >= 15 is 0 Å². The van der Waals surface area contributed by atoms with Crippen molar-refractivity contribution in [3.05, 3.63) is 0 Å². The molecule has 0 aromatic rings. The fraction of sp³-hybridized carbons (Fsp3) is 0.917. The van der Waals surface area contributed by atoms with Crippen LogP contribution in [0.15, 0.2) is 0 Å². The zero-order chi connectivity index (χ0) is 10.6. The van der Waals surface area contributed by atoms with Crippen molar-refractivity contribution in [3.63, 3.8) is 0 Å². The molecule has 1 fully saturated rings. The molecular weight excluding hydrogens is 174 g/mol. The summed E-state index contributed by atoms with van der Waals surface area (Å²) in [6.45, 7) is 7.25. The summed E-state index contributed by atoms with van der Waals surface area (Å²) in [5.41, 5.74) is 0. The zero-order valence-corrected chi connectivity index (χ0v) is 9.68. The van der Waals surface area contributed by atoms with Crippen LogP contribution in [0.5, 0.6) is 0 Å². The number of nitrogens with one attached hydrogen (secondary N) is 1. The lowest BCUT2D eigenvalue weighted by atomic mass is 9.78. The monoisotopic (exact) mass is 197 g/mol. The van der Waals surface area contributed by atoms with Crippen molar-refractivity contribution in [2.75, 3.05) is 6.54 Å². The maximum atomic E-state index is 11.3. The van der Waals surface area contributed by atoms with E-state index in [1.807, 2.05) is 0 Å².